The molecule has 3 rings (SSSR count). The van der Waals surface area contributed by atoms with Crippen molar-refractivity contribution in [3.8, 4) is 11.5 Å². The lowest BCUT2D eigenvalue weighted by Gasteiger charge is -2.16. The van der Waals surface area contributed by atoms with Gasteiger partial charge in [0.05, 0.1) is 13.0 Å². The van der Waals surface area contributed by atoms with Crippen molar-refractivity contribution in [2.75, 3.05) is 18.1 Å². The minimum Gasteiger partial charge on any atom is -0.494 e. The van der Waals surface area contributed by atoms with Gasteiger partial charge in [-0.05, 0) is 43.5 Å². The zero-order valence-electron chi connectivity index (χ0n) is 14.9. The van der Waals surface area contributed by atoms with E-state index in [1.807, 2.05) is 37.3 Å². The number of hydrogen-bond acceptors (Lipinski definition) is 4. The molecule has 5 nitrogen and oxygen atoms in total. The summed E-state index contributed by atoms with van der Waals surface area (Å²) in [6, 6.07) is 14.8. The first-order valence-electron chi connectivity index (χ1n) is 8.99. The zero-order chi connectivity index (χ0) is 18.4. The van der Waals surface area contributed by atoms with Crippen LogP contribution in [0, 0.1) is 0 Å². The van der Waals surface area contributed by atoms with E-state index >= 15 is 0 Å². The van der Waals surface area contributed by atoms with E-state index in [-0.39, 0.29) is 18.3 Å². The van der Waals surface area contributed by atoms with Gasteiger partial charge in [-0.15, -0.1) is 0 Å². The number of para-hydroxylation sites is 1. The maximum atomic E-state index is 12.2. The monoisotopic (exact) mass is 353 g/mol. The molecule has 0 radical (unpaired) electrons. The van der Waals surface area contributed by atoms with Crippen LogP contribution in [0.15, 0.2) is 48.5 Å². The highest BCUT2D eigenvalue weighted by molar-refractivity contribution is 5.95. The number of aryl methyl sites for hydroxylation is 1. The number of carbonyl (C=O) groups is 2. The molecule has 26 heavy (non-hydrogen) atoms. The Labute approximate surface area is 153 Å². The standard InChI is InChI=1S/C21H23NO4/c1-2-25-19-10-4-3-7-16(19)12-13-21(24)26-18-9-5-8-17(15-18)22-14-6-11-20(22)23/h3-5,7-10,15H,2,6,11-14H2,1H3. The molecule has 1 heterocycles. The van der Waals surface area contributed by atoms with Crippen LogP contribution < -0.4 is 14.4 Å². The number of rotatable bonds is 7. The summed E-state index contributed by atoms with van der Waals surface area (Å²) in [6.45, 7) is 3.23. The molecule has 2 aromatic rings. The number of benzene rings is 2. The first-order valence-corrected chi connectivity index (χ1v) is 8.99. The Bertz CT molecular complexity index is 787. The summed E-state index contributed by atoms with van der Waals surface area (Å²) >= 11 is 0. The number of nitrogens with zero attached hydrogens (tertiary/aromatic N) is 1. The summed E-state index contributed by atoms with van der Waals surface area (Å²) in [6.07, 6.45) is 2.25. The van der Waals surface area contributed by atoms with Crippen LogP contribution in [0.2, 0.25) is 0 Å². The van der Waals surface area contributed by atoms with Gasteiger partial charge in [0.1, 0.15) is 11.5 Å². The molecular weight excluding hydrogens is 330 g/mol. The molecule has 0 N–H and O–H groups in total. The molecule has 0 aliphatic carbocycles. The van der Waals surface area contributed by atoms with Gasteiger partial charge < -0.3 is 14.4 Å². The average molecular weight is 353 g/mol. The normalized spacial score (nSPS) is 13.7. The van der Waals surface area contributed by atoms with E-state index < -0.39 is 0 Å². The molecular formula is C21H23NO4. The highest BCUT2D eigenvalue weighted by Gasteiger charge is 2.22. The Morgan fingerprint density at radius 3 is 2.77 bits per heavy atom. The molecule has 1 amide bonds. The number of amides is 1. The summed E-state index contributed by atoms with van der Waals surface area (Å²) < 4.78 is 11.0. The summed E-state index contributed by atoms with van der Waals surface area (Å²) in [5.41, 5.74) is 1.77. The van der Waals surface area contributed by atoms with Gasteiger partial charge in [0.25, 0.3) is 0 Å². The first kappa shape index (κ1) is 18.0. The Morgan fingerprint density at radius 2 is 2.00 bits per heavy atom. The van der Waals surface area contributed by atoms with Gasteiger partial charge in [-0.1, -0.05) is 24.3 Å². The van der Waals surface area contributed by atoms with E-state index in [4.69, 9.17) is 9.47 Å². The van der Waals surface area contributed by atoms with Gasteiger partial charge >= 0.3 is 5.97 Å². The minimum atomic E-state index is -0.304. The smallest absolute Gasteiger partial charge is 0.311 e. The van der Waals surface area contributed by atoms with Crippen LogP contribution in [-0.2, 0) is 16.0 Å². The predicted octanol–water partition coefficient (Wildman–Crippen LogP) is 3.75. The van der Waals surface area contributed by atoms with Gasteiger partial charge in [-0.25, -0.2) is 0 Å². The van der Waals surface area contributed by atoms with Crippen molar-refractivity contribution >= 4 is 17.6 Å². The first-order chi connectivity index (χ1) is 12.7. The largest absolute Gasteiger partial charge is 0.494 e. The summed E-state index contributed by atoms with van der Waals surface area (Å²) in [7, 11) is 0. The zero-order valence-corrected chi connectivity index (χ0v) is 14.9. The van der Waals surface area contributed by atoms with Gasteiger partial charge in [0.15, 0.2) is 0 Å². The van der Waals surface area contributed by atoms with Crippen LogP contribution in [0.4, 0.5) is 5.69 Å². The van der Waals surface area contributed by atoms with Crippen molar-refractivity contribution < 1.29 is 19.1 Å². The lowest BCUT2D eigenvalue weighted by atomic mass is 10.1. The van der Waals surface area contributed by atoms with Crippen molar-refractivity contribution in [1.29, 1.82) is 0 Å². The fourth-order valence-electron chi connectivity index (χ4n) is 3.06. The Balaban J connectivity index is 1.59. The van der Waals surface area contributed by atoms with Gasteiger partial charge in [-0.2, -0.15) is 0 Å². The maximum absolute atomic E-state index is 12.2. The summed E-state index contributed by atoms with van der Waals surface area (Å²) in [4.78, 5) is 25.8. The Kier molecular flexibility index (Phi) is 5.89. The molecule has 0 spiro atoms. The van der Waals surface area contributed by atoms with Crippen molar-refractivity contribution in [2.45, 2.75) is 32.6 Å². The highest BCUT2D eigenvalue weighted by atomic mass is 16.5. The minimum absolute atomic E-state index is 0.112. The molecule has 0 unspecified atom stereocenters. The van der Waals surface area contributed by atoms with Crippen LogP contribution in [0.25, 0.3) is 0 Å². The summed E-state index contributed by atoms with van der Waals surface area (Å²) in [5, 5.41) is 0. The molecule has 2 aromatic carbocycles. The number of anilines is 1. The van der Waals surface area contributed by atoms with Crippen LogP contribution in [-0.4, -0.2) is 25.0 Å². The fourth-order valence-corrected chi connectivity index (χ4v) is 3.06. The van der Waals surface area contributed by atoms with E-state index in [1.165, 1.54) is 0 Å². The summed E-state index contributed by atoms with van der Waals surface area (Å²) in [5.74, 6) is 1.07. The topological polar surface area (TPSA) is 55.8 Å². The highest BCUT2D eigenvalue weighted by Crippen LogP contribution is 2.26. The lowest BCUT2D eigenvalue weighted by Crippen LogP contribution is -2.23. The van der Waals surface area contributed by atoms with Gasteiger partial charge in [0.2, 0.25) is 5.91 Å². The molecule has 0 saturated carbocycles. The van der Waals surface area contributed by atoms with Gasteiger partial charge in [-0.3, -0.25) is 9.59 Å². The van der Waals surface area contributed by atoms with E-state index in [2.05, 4.69) is 0 Å². The quantitative estimate of drug-likeness (QED) is 0.562. The third-order valence-electron chi connectivity index (χ3n) is 4.31. The molecule has 0 atom stereocenters. The van der Waals surface area contributed by atoms with Crippen LogP contribution in [0.5, 0.6) is 11.5 Å². The van der Waals surface area contributed by atoms with Crippen molar-refractivity contribution in [3.63, 3.8) is 0 Å². The molecule has 0 bridgehead atoms. The number of ether oxygens (including phenoxy) is 2. The number of esters is 1. The molecule has 1 aliphatic heterocycles. The molecule has 1 aliphatic rings. The van der Waals surface area contributed by atoms with Crippen LogP contribution >= 0.6 is 0 Å². The second-order valence-electron chi connectivity index (χ2n) is 6.16. The molecule has 1 saturated heterocycles. The van der Waals surface area contributed by atoms with E-state index in [0.29, 0.717) is 31.7 Å². The molecule has 136 valence electrons. The van der Waals surface area contributed by atoms with E-state index in [9.17, 15) is 9.59 Å². The lowest BCUT2D eigenvalue weighted by molar-refractivity contribution is -0.134. The van der Waals surface area contributed by atoms with Crippen molar-refractivity contribution in [1.82, 2.24) is 0 Å². The van der Waals surface area contributed by atoms with E-state index in [1.54, 1.807) is 23.1 Å². The molecule has 5 heteroatoms. The molecule has 0 aromatic heterocycles. The van der Waals surface area contributed by atoms with Crippen LogP contribution in [0.3, 0.4) is 0 Å². The SMILES string of the molecule is CCOc1ccccc1CCC(=O)Oc1cccc(N2CCCC2=O)c1. The fraction of sp³-hybridized carbons (Fsp3) is 0.333. The van der Waals surface area contributed by atoms with Gasteiger partial charge in [0, 0.05) is 24.7 Å². The third-order valence-corrected chi connectivity index (χ3v) is 4.31. The Morgan fingerprint density at radius 1 is 1.15 bits per heavy atom. The second-order valence-corrected chi connectivity index (χ2v) is 6.16. The van der Waals surface area contributed by atoms with E-state index in [0.717, 1.165) is 23.4 Å². The number of carbonyl (C=O) groups excluding carboxylic acids is 2. The predicted molar refractivity (Wildman–Crippen MR) is 99.6 cm³/mol. The number of hydrogen-bond donors (Lipinski definition) is 0. The maximum Gasteiger partial charge on any atom is 0.311 e. The van der Waals surface area contributed by atoms with Crippen LogP contribution in [0.1, 0.15) is 31.7 Å². The molecule has 1 fully saturated rings. The average Bonchev–Trinajstić information content (AvgIpc) is 3.07. The second kappa shape index (κ2) is 8.52. The van der Waals surface area contributed by atoms with Crippen molar-refractivity contribution in [2.24, 2.45) is 0 Å². The van der Waals surface area contributed by atoms with Crippen molar-refractivity contribution in [3.05, 3.63) is 54.1 Å². The third kappa shape index (κ3) is 4.42. The Hall–Kier alpha value is -2.82.